The summed E-state index contributed by atoms with van der Waals surface area (Å²) in [7, 11) is 0. The van der Waals surface area contributed by atoms with Gasteiger partial charge in [-0.3, -0.25) is 14.6 Å². The van der Waals surface area contributed by atoms with Crippen LogP contribution in [0, 0.1) is 0 Å². The second-order valence-corrected chi connectivity index (χ2v) is 5.97. The summed E-state index contributed by atoms with van der Waals surface area (Å²) in [5.41, 5.74) is 2.07. The second-order valence-electron chi connectivity index (χ2n) is 5.97. The van der Waals surface area contributed by atoms with Gasteiger partial charge in [0.2, 0.25) is 6.30 Å². The standard InChI is InChI=1S/C20H15FN4O2/c21-18-16-14(23-13-7-4-10-22-11-13)8-9-15(17(16)20(27)25-18)24-19(26)12-5-2-1-3-6-12/h1-11,18,23H,(H,24,26)(H,25,27). The van der Waals surface area contributed by atoms with Crippen LogP contribution in [-0.4, -0.2) is 16.8 Å². The van der Waals surface area contributed by atoms with E-state index in [1.807, 2.05) is 0 Å². The van der Waals surface area contributed by atoms with Crippen molar-refractivity contribution in [1.82, 2.24) is 10.3 Å². The van der Waals surface area contributed by atoms with Crippen LogP contribution in [0.25, 0.3) is 0 Å². The molecule has 2 amide bonds. The maximum Gasteiger partial charge on any atom is 0.256 e. The fourth-order valence-electron chi connectivity index (χ4n) is 2.98. The number of nitrogens with one attached hydrogen (secondary N) is 3. The molecule has 0 bridgehead atoms. The number of fused-ring (bicyclic) bond motifs is 1. The van der Waals surface area contributed by atoms with Crippen LogP contribution in [0.1, 0.15) is 32.6 Å². The molecule has 2 aromatic carbocycles. The average Bonchev–Trinajstić information content (AvgIpc) is 3.00. The smallest absolute Gasteiger partial charge is 0.256 e. The van der Waals surface area contributed by atoms with Gasteiger partial charge in [0.25, 0.3) is 11.8 Å². The first-order valence-electron chi connectivity index (χ1n) is 8.29. The lowest BCUT2D eigenvalue weighted by Gasteiger charge is -2.14. The van der Waals surface area contributed by atoms with Crippen LogP contribution >= 0.6 is 0 Å². The van der Waals surface area contributed by atoms with E-state index < -0.39 is 12.2 Å². The molecule has 27 heavy (non-hydrogen) atoms. The summed E-state index contributed by atoms with van der Waals surface area (Å²) in [6, 6.07) is 15.3. The number of nitrogens with zero attached hydrogens (tertiary/aromatic N) is 1. The van der Waals surface area contributed by atoms with Gasteiger partial charge in [-0.1, -0.05) is 18.2 Å². The predicted molar refractivity (Wildman–Crippen MR) is 99.7 cm³/mol. The van der Waals surface area contributed by atoms with Gasteiger partial charge in [0.05, 0.1) is 23.1 Å². The summed E-state index contributed by atoms with van der Waals surface area (Å²) in [4.78, 5) is 28.7. The topological polar surface area (TPSA) is 83.1 Å². The molecule has 1 aliphatic heterocycles. The first-order chi connectivity index (χ1) is 13.1. The van der Waals surface area contributed by atoms with Crippen molar-refractivity contribution in [3.05, 3.63) is 83.7 Å². The minimum Gasteiger partial charge on any atom is -0.354 e. The summed E-state index contributed by atoms with van der Waals surface area (Å²) in [6.45, 7) is 0. The molecule has 134 valence electrons. The maximum absolute atomic E-state index is 14.5. The molecule has 0 fully saturated rings. The lowest BCUT2D eigenvalue weighted by atomic mass is 10.0. The fourth-order valence-corrected chi connectivity index (χ4v) is 2.98. The third kappa shape index (κ3) is 3.22. The number of aromatic nitrogens is 1. The van der Waals surface area contributed by atoms with Gasteiger partial charge in [-0.15, -0.1) is 0 Å². The molecule has 3 N–H and O–H groups in total. The van der Waals surface area contributed by atoms with Crippen molar-refractivity contribution in [2.24, 2.45) is 0 Å². The molecule has 6 nitrogen and oxygen atoms in total. The van der Waals surface area contributed by atoms with E-state index in [1.54, 1.807) is 67.0 Å². The van der Waals surface area contributed by atoms with Crippen molar-refractivity contribution >= 4 is 28.9 Å². The van der Waals surface area contributed by atoms with Gasteiger partial charge in [-0.05, 0) is 36.4 Å². The van der Waals surface area contributed by atoms with Gasteiger partial charge in [0.1, 0.15) is 0 Å². The highest BCUT2D eigenvalue weighted by Gasteiger charge is 2.34. The van der Waals surface area contributed by atoms with Gasteiger partial charge in [-0.2, -0.15) is 0 Å². The average molecular weight is 362 g/mol. The first kappa shape index (κ1) is 16.7. The number of hydrogen-bond donors (Lipinski definition) is 3. The largest absolute Gasteiger partial charge is 0.354 e. The van der Waals surface area contributed by atoms with Gasteiger partial charge in [-0.25, -0.2) is 4.39 Å². The number of rotatable bonds is 4. The number of anilines is 3. The Balaban J connectivity index is 1.70. The van der Waals surface area contributed by atoms with E-state index in [0.29, 0.717) is 16.9 Å². The Morgan fingerprint density at radius 1 is 1.04 bits per heavy atom. The van der Waals surface area contributed by atoms with Crippen LogP contribution in [0.15, 0.2) is 67.0 Å². The molecule has 1 aromatic heterocycles. The van der Waals surface area contributed by atoms with Gasteiger partial charge < -0.3 is 16.0 Å². The number of pyridine rings is 1. The van der Waals surface area contributed by atoms with Gasteiger partial charge >= 0.3 is 0 Å². The van der Waals surface area contributed by atoms with Gasteiger partial charge in [0, 0.05) is 23.0 Å². The molecule has 7 heteroatoms. The lowest BCUT2D eigenvalue weighted by Crippen LogP contribution is -2.18. The van der Waals surface area contributed by atoms with Crippen molar-refractivity contribution in [2.75, 3.05) is 10.6 Å². The molecule has 1 atom stereocenters. The van der Waals surface area contributed by atoms with E-state index >= 15 is 0 Å². The quantitative estimate of drug-likeness (QED) is 0.617. The van der Waals surface area contributed by atoms with Crippen molar-refractivity contribution in [3.8, 4) is 0 Å². The van der Waals surface area contributed by atoms with E-state index in [1.165, 1.54) is 0 Å². The van der Waals surface area contributed by atoms with Gasteiger partial charge in [0.15, 0.2) is 0 Å². The van der Waals surface area contributed by atoms with Crippen LogP contribution in [-0.2, 0) is 0 Å². The van der Waals surface area contributed by atoms with E-state index in [4.69, 9.17) is 0 Å². The number of halogens is 1. The maximum atomic E-state index is 14.5. The number of hydrogen-bond acceptors (Lipinski definition) is 4. The van der Waals surface area contributed by atoms with Crippen LogP contribution in [0.4, 0.5) is 21.5 Å². The van der Waals surface area contributed by atoms with Crippen molar-refractivity contribution < 1.29 is 14.0 Å². The molecule has 2 heterocycles. The Morgan fingerprint density at radius 2 is 1.81 bits per heavy atom. The van der Waals surface area contributed by atoms with Crippen LogP contribution in [0.2, 0.25) is 0 Å². The van der Waals surface area contributed by atoms with Crippen molar-refractivity contribution in [3.63, 3.8) is 0 Å². The zero-order valence-electron chi connectivity index (χ0n) is 14.1. The molecule has 0 saturated carbocycles. The summed E-state index contributed by atoms with van der Waals surface area (Å²) in [5, 5.41) is 8.00. The zero-order chi connectivity index (χ0) is 18.8. The Morgan fingerprint density at radius 3 is 2.56 bits per heavy atom. The summed E-state index contributed by atoms with van der Waals surface area (Å²) in [5.74, 6) is -0.948. The van der Waals surface area contributed by atoms with E-state index in [9.17, 15) is 14.0 Å². The molecule has 3 aromatic rings. The first-order valence-corrected chi connectivity index (χ1v) is 8.29. The molecule has 1 aliphatic rings. The molecule has 0 saturated heterocycles. The molecule has 4 rings (SSSR count). The Labute approximate surface area is 154 Å². The minimum atomic E-state index is -1.67. The number of alkyl halides is 1. The third-order valence-corrected chi connectivity index (χ3v) is 4.21. The van der Waals surface area contributed by atoms with Crippen LogP contribution < -0.4 is 16.0 Å². The van der Waals surface area contributed by atoms with Crippen LogP contribution in [0.3, 0.4) is 0 Å². The van der Waals surface area contributed by atoms with Crippen molar-refractivity contribution in [2.45, 2.75) is 6.30 Å². The van der Waals surface area contributed by atoms with E-state index in [-0.39, 0.29) is 22.7 Å². The van der Waals surface area contributed by atoms with E-state index in [2.05, 4.69) is 20.9 Å². The van der Waals surface area contributed by atoms with E-state index in [0.717, 1.165) is 0 Å². The lowest BCUT2D eigenvalue weighted by molar-refractivity contribution is 0.0929. The summed E-state index contributed by atoms with van der Waals surface area (Å²) in [6.07, 6.45) is 1.55. The van der Waals surface area contributed by atoms with Crippen molar-refractivity contribution in [1.29, 1.82) is 0 Å². The monoisotopic (exact) mass is 362 g/mol. The minimum absolute atomic E-state index is 0.112. The second kappa shape index (κ2) is 6.87. The fraction of sp³-hybridized carbons (Fsp3) is 0.0500. The highest BCUT2D eigenvalue weighted by atomic mass is 19.1. The number of carbonyl (C=O) groups excluding carboxylic acids is 2. The number of carbonyl (C=O) groups is 2. The number of amides is 2. The highest BCUT2D eigenvalue weighted by molar-refractivity contribution is 6.11. The highest BCUT2D eigenvalue weighted by Crippen LogP contribution is 2.38. The predicted octanol–water partition coefficient (Wildman–Crippen LogP) is 3.79. The Kier molecular flexibility index (Phi) is 4.25. The SMILES string of the molecule is O=C(Nc1ccc(Nc2cccnc2)c2c1C(=O)NC2F)c1ccccc1. The van der Waals surface area contributed by atoms with Crippen LogP contribution in [0.5, 0.6) is 0 Å². The molecular weight excluding hydrogens is 347 g/mol. The zero-order valence-corrected chi connectivity index (χ0v) is 14.1. The summed E-state index contributed by atoms with van der Waals surface area (Å²) < 4.78 is 14.5. The molecule has 0 spiro atoms. The Bertz CT molecular complexity index is 1010. The summed E-state index contributed by atoms with van der Waals surface area (Å²) >= 11 is 0. The molecular formula is C20H15FN4O2. The molecule has 0 aliphatic carbocycles. The number of benzene rings is 2. The third-order valence-electron chi connectivity index (χ3n) is 4.21. The normalized spacial score (nSPS) is 15.0. The Hall–Kier alpha value is -3.74. The molecule has 1 unspecified atom stereocenters. The molecule has 0 radical (unpaired) electrons.